The Labute approximate surface area is 164 Å². The minimum atomic E-state index is -0.741. The predicted octanol–water partition coefficient (Wildman–Crippen LogP) is 3.41. The van der Waals surface area contributed by atoms with E-state index in [2.05, 4.69) is 10.3 Å². The number of hydrogen-bond donors (Lipinski definition) is 1. The molecule has 1 saturated heterocycles. The van der Waals surface area contributed by atoms with Crippen molar-refractivity contribution in [3.8, 4) is 0 Å². The monoisotopic (exact) mass is 394 g/mol. The van der Waals surface area contributed by atoms with Crippen LogP contribution >= 0.6 is 11.6 Å². The van der Waals surface area contributed by atoms with Gasteiger partial charge in [-0.15, -0.1) is 0 Å². The molecule has 5 rings (SSSR count). The van der Waals surface area contributed by atoms with E-state index < -0.39 is 10.8 Å². The van der Waals surface area contributed by atoms with Gasteiger partial charge in [0, 0.05) is 35.8 Å². The number of rotatable bonds is 2. The van der Waals surface area contributed by atoms with Crippen LogP contribution in [0.15, 0.2) is 54.0 Å². The largest absolute Gasteiger partial charge is 0.364 e. The Morgan fingerprint density at radius 3 is 2.82 bits per heavy atom. The third-order valence-electron chi connectivity index (χ3n) is 5.41. The Bertz CT molecular complexity index is 1210. The fraction of sp³-hybridized carbons (Fsp3) is 0.200. The van der Waals surface area contributed by atoms with Crippen LogP contribution in [0.2, 0.25) is 5.15 Å². The molecule has 1 atom stereocenters. The number of amides is 1. The van der Waals surface area contributed by atoms with Gasteiger partial charge in [0.1, 0.15) is 5.15 Å². The molecular formula is C20H15ClN4O3. The second kappa shape index (κ2) is 6.17. The van der Waals surface area contributed by atoms with E-state index in [1.807, 2.05) is 42.5 Å². The van der Waals surface area contributed by atoms with Crippen molar-refractivity contribution in [1.29, 1.82) is 0 Å². The lowest BCUT2D eigenvalue weighted by Crippen LogP contribution is -2.37. The first-order valence-corrected chi connectivity index (χ1v) is 9.33. The van der Waals surface area contributed by atoms with Gasteiger partial charge in [-0.3, -0.25) is 19.8 Å². The van der Waals surface area contributed by atoms with E-state index in [0.717, 1.165) is 21.7 Å². The summed E-state index contributed by atoms with van der Waals surface area (Å²) in [6.07, 6.45) is 0.00197. The highest BCUT2D eigenvalue weighted by Crippen LogP contribution is 2.40. The summed E-state index contributed by atoms with van der Waals surface area (Å²) < 4.78 is 0. The van der Waals surface area contributed by atoms with Crippen molar-refractivity contribution in [2.45, 2.75) is 12.3 Å². The van der Waals surface area contributed by atoms with Gasteiger partial charge >= 0.3 is 0 Å². The minimum Gasteiger partial charge on any atom is -0.364 e. The van der Waals surface area contributed by atoms with Crippen LogP contribution < -0.4 is 5.32 Å². The second-order valence-corrected chi connectivity index (χ2v) is 7.30. The van der Waals surface area contributed by atoms with Gasteiger partial charge in [-0.05, 0) is 11.5 Å². The Hall–Kier alpha value is -3.19. The van der Waals surface area contributed by atoms with Crippen molar-refractivity contribution in [1.82, 2.24) is 15.2 Å². The van der Waals surface area contributed by atoms with Crippen molar-refractivity contribution >= 4 is 39.2 Å². The minimum absolute atomic E-state index is 0.00197. The molecule has 1 unspecified atom stereocenters. The Balaban J connectivity index is 1.73. The number of fused-ring (bicyclic) bond motifs is 4. The van der Waals surface area contributed by atoms with Crippen LogP contribution in [-0.2, 0) is 4.79 Å². The Morgan fingerprint density at radius 2 is 2.00 bits per heavy atom. The standard InChI is InChI=1S/C20H15ClN4O3/c21-19-15(9-12-6-5-11-3-1-2-4-13(11)17(12)23-19)14-10-16(26)24-8-7-22-20(24)18(14)25(27)28/h1-6,9,14,22H,7-8,10H2. The highest BCUT2D eigenvalue weighted by atomic mass is 35.5. The van der Waals surface area contributed by atoms with Crippen molar-refractivity contribution in [3.63, 3.8) is 0 Å². The summed E-state index contributed by atoms with van der Waals surface area (Å²) in [5.74, 6) is -0.610. The van der Waals surface area contributed by atoms with E-state index in [1.165, 1.54) is 4.90 Å². The number of allylic oxidation sites excluding steroid dienone is 1. The molecule has 0 radical (unpaired) electrons. The van der Waals surface area contributed by atoms with Crippen LogP contribution in [-0.4, -0.2) is 33.8 Å². The summed E-state index contributed by atoms with van der Waals surface area (Å²) in [5, 5.41) is 17.8. The van der Waals surface area contributed by atoms with Gasteiger partial charge in [0.05, 0.1) is 16.4 Å². The zero-order chi connectivity index (χ0) is 19.4. The summed E-state index contributed by atoms with van der Waals surface area (Å²) >= 11 is 6.50. The molecule has 2 aliphatic heterocycles. The third kappa shape index (κ3) is 2.43. The number of carbonyl (C=O) groups is 1. The highest BCUT2D eigenvalue weighted by molar-refractivity contribution is 6.31. The van der Waals surface area contributed by atoms with E-state index >= 15 is 0 Å². The lowest BCUT2D eigenvalue weighted by atomic mass is 9.89. The van der Waals surface area contributed by atoms with Gasteiger partial charge in [0.25, 0.3) is 5.70 Å². The predicted molar refractivity (Wildman–Crippen MR) is 105 cm³/mol. The molecule has 28 heavy (non-hydrogen) atoms. The average molecular weight is 395 g/mol. The number of benzene rings is 2. The van der Waals surface area contributed by atoms with Crippen LogP contribution in [0.1, 0.15) is 17.9 Å². The second-order valence-electron chi connectivity index (χ2n) is 6.95. The molecule has 3 heterocycles. The molecule has 0 saturated carbocycles. The maximum absolute atomic E-state index is 12.5. The van der Waals surface area contributed by atoms with Crippen molar-refractivity contribution < 1.29 is 9.72 Å². The number of pyridine rings is 1. The molecular weight excluding hydrogens is 380 g/mol. The quantitative estimate of drug-likeness (QED) is 0.311. The number of nitrogens with zero attached hydrogens (tertiary/aromatic N) is 3. The van der Waals surface area contributed by atoms with E-state index in [4.69, 9.17) is 11.6 Å². The molecule has 3 aromatic rings. The van der Waals surface area contributed by atoms with Crippen LogP contribution in [0.4, 0.5) is 0 Å². The molecule has 7 nitrogen and oxygen atoms in total. The summed E-state index contributed by atoms with van der Waals surface area (Å²) in [6.45, 7) is 0.939. The SMILES string of the molecule is O=C1CC(c2cc3ccc4ccccc4c3nc2Cl)C([N+](=O)[O-])=C2NCCN12. The molecule has 8 heteroatoms. The molecule has 1 amide bonds. The molecule has 2 aromatic carbocycles. The Morgan fingerprint density at radius 1 is 1.21 bits per heavy atom. The molecule has 0 spiro atoms. The normalized spacial score (nSPS) is 19.2. The van der Waals surface area contributed by atoms with Crippen molar-refractivity contribution in [2.75, 3.05) is 13.1 Å². The zero-order valence-electron chi connectivity index (χ0n) is 14.7. The van der Waals surface area contributed by atoms with E-state index in [-0.39, 0.29) is 29.0 Å². The molecule has 0 bridgehead atoms. The van der Waals surface area contributed by atoms with Gasteiger partial charge in [-0.25, -0.2) is 4.98 Å². The summed E-state index contributed by atoms with van der Waals surface area (Å²) in [6, 6.07) is 13.6. The molecule has 0 aliphatic carbocycles. The number of hydrogen-bond acceptors (Lipinski definition) is 5. The molecule has 140 valence electrons. The van der Waals surface area contributed by atoms with Crippen LogP contribution in [0.25, 0.3) is 21.7 Å². The van der Waals surface area contributed by atoms with E-state index in [9.17, 15) is 14.9 Å². The lowest BCUT2D eigenvalue weighted by Gasteiger charge is -2.27. The van der Waals surface area contributed by atoms with Crippen LogP contribution in [0.5, 0.6) is 0 Å². The molecule has 2 aliphatic rings. The van der Waals surface area contributed by atoms with Crippen LogP contribution in [0.3, 0.4) is 0 Å². The van der Waals surface area contributed by atoms with Gasteiger partial charge in [-0.2, -0.15) is 0 Å². The van der Waals surface area contributed by atoms with Gasteiger partial charge in [-0.1, -0.05) is 48.0 Å². The van der Waals surface area contributed by atoms with E-state index in [1.54, 1.807) is 0 Å². The maximum Gasteiger partial charge on any atom is 0.294 e. The average Bonchev–Trinajstić information content (AvgIpc) is 3.17. The number of carbonyl (C=O) groups excluding carboxylic acids is 1. The first kappa shape index (κ1) is 16.9. The fourth-order valence-electron chi connectivity index (χ4n) is 4.14. The maximum atomic E-state index is 12.5. The van der Waals surface area contributed by atoms with Gasteiger partial charge in [0.15, 0.2) is 5.82 Å². The van der Waals surface area contributed by atoms with Crippen molar-refractivity contribution in [2.24, 2.45) is 0 Å². The zero-order valence-corrected chi connectivity index (χ0v) is 15.4. The summed E-state index contributed by atoms with van der Waals surface area (Å²) in [7, 11) is 0. The van der Waals surface area contributed by atoms with Gasteiger partial charge in [0.2, 0.25) is 5.91 Å². The fourth-order valence-corrected chi connectivity index (χ4v) is 4.41. The third-order valence-corrected chi connectivity index (χ3v) is 5.72. The lowest BCUT2D eigenvalue weighted by molar-refractivity contribution is -0.433. The number of halogens is 1. The topological polar surface area (TPSA) is 88.4 Å². The molecule has 1 N–H and O–H groups in total. The van der Waals surface area contributed by atoms with E-state index in [0.29, 0.717) is 18.7 Å². The highest BCUT2D eigenvalue weighted by Gasteiger charge is 2.44. The van der Waals surface area contributed by atoms with Crippen LogP contribution in [0, 0.1) is 10.1 Å². The Kier molecular flexibility index (Phi) is 3.73. The molecule has 1 fully saturated rings. The smallest absolute Gasteiger partial charge is 0.294 e. The summed E-state index contributed by atoms with van der Waals surface area (Å²) in [5.41, 5.74) is 1.22. The summed E-state index contributed by atoms with van der Waals surface area (Å²) in [4.78, 5) is 30.0. The number of aromatic nitrogens is 1. The number of nitrogens with one attached hydrogen (secondary N) is 1. The van der Waals surface area contributed by atoms with Gasteiger partial charge < -0.3 is 5.32 Å². The first-order chi connectivity index (χ1) is 13.5. The molecule has 1 aromatic heterocycles. The van der Waals surface area contributed by atoms with Crippen molar-refractivity contribution in [3.05, 3.63) is 74.8 Å². The first-order valence-electron chi connectivity index (χ1n) is 8.95. The number of nitro groups is 1.